The molecule has 0 radical (unpaired) electrons. The lowest BCUT2D eigenvalue weighted by atomic mass is 10.1. The summed E-state index contributed by atoms with van der Waals surface area (Å²) >= 11 is 0. The zero-order valence-electron chi connectivity index (χ0n) is 14.7. The molecular formula is C19H26N4. The minimum absolute atomic E-state index is 0.833. The molecule has 0 atom stereocenters. The molecule has 1 aromatic heterocycles. The molecule has 0 unspecified atom stereocenters. The van der Waals surface area contributed by atoms with Crippen LogP contribution < -0.4 is 5.32 Å². The van der Waals surface area contributed by atoms with E-state index in [-0.39, 0.29) is 0 Å². The second-order valence-corrected chi connectivity index (χ2v) is 6.36. The number of hydrogen-bond acceptors (Lipinski definition) is 3. The largest absolute Gasteiger partial charge is 0.316 e. The fourth-order valence-electron chi connectivity index (χ4n) is 2.15. The Bertz CT molecular complexity index is 723. The van der Waals surface area contributed by atoms with Gasteiger partial charge in [0.25, 0.3) is 0 Å². The number of nitrogens with zero attached hydrogens (tertiary/aromatic N) is 3. The molecule has 23 heavy (non-hydrogen) atoms. The Kier molecular flexibility index (Phi) is 5.88. The van der Waals surface area contributed by atoms with Crippen molar-refractivity contribution in [1.82, 2.24) is 20.3 Å². The normalized spacial score (nSPS) is 10.7. The fraction of sp³-hybridized carbons (Fsp3) is 0.368. The van der Waals surface area contributed by atoms with Crippen LogP contribution in [-0.4, -0.2) is 22.0 Å². The van der Waals surface area contributed by atoms with Crippen LogP contribution in [0, 0.1) is 12.8 Å². The number of benzene rings is 2. The van der Waals surface area contributed by atoms with Crippen LogP contribution >= 0.6 is 0 Å². The summed E-state index contributed by atoms with van der Waals surface area (Å²) in [6.07, 6.45) is 0. The lowest BCUT2D eigenvalue weighted by Crippen LogP contribution is -2.07. The first-order valence-corrected chi connectivity index (χ1v) is 8.08. The highest BCUT2D eigenvalue weighted by molar-refractivity contribution is 5.73. The van der Waals surface area contributed by atoms with Gasteiger partial charge in [0.1, 0.15) is 11.0 Å². The Balaban J connectivity index is 0.000000433. The maximum absolute atomic E-state index is 4.53. The zero-order chi connectivity index (χ0) is 16.8. The van der Waals surface area contributed by atoms with Crippen molar-refractivity contribution < 1.29 is 0 Å². The maximum atomic E-state index is 4.53. The average Bonchev–Trinajstić information content (AvgIpc) is 2.92. The van der Waals surface area contributed by atoms with Gasteiger partial charge < -0.3 is 5.32 Å². The fourth-order valence-corrected chi connectivity index (χ4v) is 2.15. The highest BCUT2D eigenvalue weighted by Gasteiger charge is 2.07. The van der Waals surface area contributed by atoms with Gasteiger partial charge in [-0.2, -0.15) is 4.80 Å². The minimum atomic E-state index is 0.833. The molecule has 4 nitrogen and oxygen atoms in total. The molecule has 3 rings (SSSR count). The molecular weight excluding hydrogens is 284 g/mol. The number of hydrogen-bond donors (Lipinski definition) is 1. The molecule has 3 aromatic rings. The Morgan fingerprint density at radius 1 is 1.00 bits per heavy atom. The minimum Gasteiger partial charge on any atom is -0.316 e. The van der Waals surface area contributed by atoms with E-state index >= 15 is 0 Å². The van der Waals surface area contributed by atoms with Crippen molar-refractivity contribution in [2.75, 3.05) is 7.05 Å². The molecule has 0 fully saturated rings. The van der Waals surface area contributed by atoms with Gasteiger partial charge in [0.05, 0.1) is 5.69 Å². The van der Waals surface area contributed by atoms with Crippen LogP contribution in [0.5, 0.6) is 0 Å². The van der Waals surface area contributed by atoms with Crippen LogP contribution in [0.15, 0.2) is 42.5 Å². The van der Waals surface area contributed by atoms with Crippen molar-refractivity contribution in [2.45, 2.75) is 34.2 Å². The second-order valence-electron chi connectivity index (χ2n) is 6.36. The van der Waals surface area contributed by atoms with Gasteiger partial charge >= 0.3 is 0 Å². The molecule has 4 heteroatoms. The Morgan fingerprint density at radius 3 is 2.09 bits per heavy atom. The molecule has 0 bridgehead atoms. The number of fused-ring (bicyclic) bond motifs is 1. The summed E-state index contributed by atoms with van der Waals surface area (Å²) in [6, 6.07) is 14.3. The Hall–Kier alpha value is -2.20. The van der Waals surface area contributed by atoms with Crippen LogP contribution in [0.3, 0.4) is 0 Å². The molecule has 0 amide bonds. The molecule has 0 aliphatic rings. The van der Waals surface area contributed by atoms with Gasteiger partial charge in [-0.15, -0.1) is 10.2 Å². The maximum Gasteiger partial charge on any atom is 0.113 e. The van der Waals surface area contributed by atoms with Gasteiger partial charge in [-0.25, -0.2) is 0 Å². The zero-order valence-corrected chi connectivity index (χ0v) is 14.7. The summed E-state index contributed by atoms with van der Waals surface area (Å²) in [4.78, 5) is 1.72. The van der Waals surface area contributed by atoms with Gasteiger partial charge in [0, 0.05) is 6.54 Å². The highest BCUT2D eigenvalue weighted by Crippen LogP contribution is 2.17. The predicted octanol–water partition coefficient (Wildman–Crippen LogP) is 4.11. The van der Waals surface area contributed by atoms with Crippen molar-refractivity contribution in [1.29, 1.82) is 0 Å². The van der Waals surface area contributed by atoms with E-state index in [4.69, 9.17) is 0 Å². The van der Waals surface area contributed by atoms with E-state index in [9.17, 15) is 0 Å². The molecule has 0 spiro atoms. The number of aryl methyl sites for hydroxylation is 1. The molecule has 122 valence electrons. The lowest BCUT2D eigenvalue weighted by molar-refractivity contribution is 0.737. The summed E-state index contributed by atoms with van der Waals surface area (Å²) in [7, 11) is 1.94. The van der Waals surface area contributed by atoms with Crippen LogP contribution in [0.1, 0.15) is 31.9 Å². The van der Waals surface area contributed by atoms with E-state index in [1.165, 1.54) is 11.1 Å². The lowest BCUT2D eigenvalue weighted by Gasteiger charge is -2.07. The average molecular weight is 310 g/mol. The third-order valence-corrected chi connectivity index (χ3v) is 3.16. The van der Waals surface area contributed by atoms with Gasteiger partial charge in [0.15, 0.2) is 0 Å². The third kappa shape index (κ3) is 4.63. The number of aromatic nitrogens is 3. The quantitative estimate of drug-likeness (QED) is 0.791. The SMILES string of the molecule is CC(C)C.CNCc1ccc(C)c(-n2nc3ccccc3n2)c1. The first-order chi connectivity index (χ1) is 11.0. The van der Waals surface area contributed by atoms with E-state index in [0.717, 1.165) is 29.2 Å². The number of nitrogens with one attached hydrogen (secondary N) is 1. The van der Waals surface area contributed by atoms with E-state index < -0.39 is 0 Å². The summed E-state index contributed by atoms with van der Waals surface area (Å²) in [5.41, 5.74) is 5.26. The first-order valence-electron chi connectivity index (χ1n) is 8.08. The van der Waals surface area contributed by atoms with E-state index in [2.05, 4.69) is 61.4 Å². The summed E-state index contributed by atoms with van der Waals surface area (Å²) in [5, 5.41) is 12.2. The van der Waals surface area contributed by atoms with E-state index in [1.807, 2.05) is 31.3 Å². The summed E-state index contributed by atoms with van der Waals surface area (Å²) in [6.45, 7) is 9.42. The third-order valence-electron chi connectivity index (χ3n) is 3.16. The summed E-state index contributed by atoms with van der Waals surface area (Å²) in [5.74, 6) is 0.833. The van der Waals surface area contributed by atoms with Crippen LogP contribution in [0.4, 0.5) is 0 Å². The van der Waals surface area contributed by atoms with E-state index in [1.54, 1.807) is 4.80 Å². The van der Waals surface area contributed by atoms with Gasteiger partial charge in [-0.1, -0.05) is 45.0 Å². The first kappa shape index (κ1) is 17.2. The topological polar surface area (TPSA) is 42.7 Å². The van der Waals surface area contributed by atoms with Gasteiger partial charge in [-0.05, 0) is 49.2 Å². The molecule has 1 heterocycles. The molecule has 0 aliphatic heterocycles. The predicted molar refractivity (Wildman–Crippen MR) is 96.9 cm³/mol. The van der Waals surface area contributed by atoms with Crippen molar-refractivity contribution in [3.05, 3.63) is 53.6 Å². The van der Waals surface area contributed by atoms with Crippen LogP contribution in [-0.2, 0) is 6.54 Å². The smallest absolute Gasteiger partial charge is 0.113 e. The summed E-state index contributed by atoms with van der Waals surface area (Å²) < 4.78 is 0. The van der Waals surface area contributed by atoms with Crippen LogP contribution in [0.25, 0.3) is 16.7 Å². The van der Waals surface area contributed by atoms with Crippen molar-refractivity contribution >= 4 is 11.0 Å². The van der Waals surface area contributed by atoms with Gasteiger partial charge in [-0.3, -0.25) is 0 Å². The highest BCUT2D eigenvalue weighted by atomic mass is 15.5. The van der Waals surface area contributed by atoms with Crippen molar-refractivity contribution in [3.8, 4) is 5.69 Å². The Labute approximate surface area is 138 Å². The number of rotatable bonds is 3. The Morgan fingerprint density at radius 2 is 1.57 bits per heavy atom. The van der Waals surface area contributed by atoms with Crippen LogP contribution in [0.2, 0.25) is 0 Å². The molecule has 1 N–H and O–H groups in total. The van der Waals surface area contributed by atoms with Crippen molar-refractivity contribution in [3.63, 3.8) is 0 Å². The standard InChI is InChI=1S/C15H16N4.C4H10/c1-11-7-8-12(10-16-2)9-15(11)19-17-13-5-3-4-6-14(13)18-19;1-4(2)3/h3-9,16H,10H2,1-2H3;4H,1-3H3. The van der Waals surface area contributed by atoms with Gasteiger partial charge in [0.2, 0.25) is 0 Å². The second kappa shape index (κ2) is 7.88. The monoisotopic (exact) mass is 310 g/mol. The van der Waals surface area contributed by atoms with Crippen molar-refractivity contribution in [2.24, 2.45) is 5.92 Å². The van der Waals surface area contributed by atoms with E-state index in [0.29, 0.717) is 0 Å². The molecule has 0 saturated carbocycles. The molecule has 0 aliphatic carbocycles. The molecule has 2 aromatic carbocycles. The molecule has 0 saturated heterocycles.